The summed E-state index contributed by atoms with van der Waals surface area (Å²) in [7, 11) is 0. The summed E-state index contributed by atoms with van der Waals surface area (Å²) in [5.41, 5.74) is 0. The SMILES string of the molecule is OCC1CCCCCN1c1nc(Cl)nc(N2CCCC2)n1. The van der Waals surface area contributed by atoms with E-state index in [0.29, 0.717) is 11.9 Å². The third-order valence-corrected chi connectivity index (χ3v) is 4.49. The van der Waals surface area contributed by atoms with E-state index in [9.17, 15) is 5.11 Å². The lowest BCUT2D eigenvalue weighted by Crippen LogP contribution is -2.39. The molecule has 0 aliphatic carbocycles. The van der Waals surface area contributed by atoms with Crippen molar-refractivity contribution in [3.8, 4) is 0 Å². The van der Waals surface area contributed by atoms with E-state index >= 15 is 0 Å². The first-order chi connectivity index (χ1) is 10.3. The fourth-order valence-corrected chi connectivity index (χ4v) is 3.30. The molecular formula is C14H22ClN5O. The van der Waals surface area contributed by atoms with Crippen molar-refractivity contribution in [2.45, 2.75) is 44.6 Å². The van der Waals surface area contributed by atoms with E-state index < -0.39 is 0 Å². The van der Waals surface area contributed by atoms with E-state index in [2.05, 4.69) is 24.8 Å². The molecule has 21 heavy (non-hydrogen) atoms. The van der Waals surface area contributed by atoms with Crippen LogP contribution in [0.3, 0.4) is 0 Å². The molecule has 3 heterocycles. The molecule has 2 saturated heterocycles. The molecule has 0 aromatic carbocycles. The number of hydrogen-bond acceptors (Lipinski definition) is 6. The standard InChI is InChI=1S/C14H22ClN5O/c15-12-16-13(19-7-4-5-8-19)18-14(17-12)20-9-3-1-2-6-11(20)10-21/h11,21H,1-10H2. The second kappa shape index (κ2) is 6.75. The third kappa shape index (κ3) is 3.37. The summed E-state index contributed by atoms with van der Waals surface area (Å²) in [6.07, 6.45) is 6.73. The minimum absolute atomic E-state index is 0.0809. The lowest BCUT2D eigenvalue weighted by atomic mass is 10.1. The molecule has 7 heteroatoms. The monoisotopic (exact) mass is 311 g/mol. The highest BCUT2D eigenvalue weighted by molar-refractivity contribution is 6.28. The Morgan fingerprint density at radius 3 is 2.43 bits per heavy atom. The highest BCUT2D eigenvalue weighted by atomic mass is 35.5. The van der Waals surface area contributed by atoms with Gasteiger partial charge < -0.3 is 14.9 Å². The maximum atomic E-state index is 9.64. The molecule has 1 aromatic heterocycles. The molecule has 1 N–H and O–H groups in total. The molecule has 0 spiro atoms. The quantitative estimate of drug-likeness (QED) is 0.919. The van der Waals surface area contributed by atoms with Gasteiger partial charge in [-0.25, -0.2) is 0 Å². The van der Waals surface area contributed by atoms with Gasteiger partial charge in [0.15, 0.2) is 0 Å². The van der Waals surface area contributed by atoms with Crippen molar-refractivity contribution in [3.63, 3.8) is 0 Å². The van der Waals surface area contributed by atoms with Gasteiger partial charge in [-0.1, -0.05) is 12.8 Å². The molecule has 6 nitrogen and oxygen atoms in total. The zero-order chi connectivity index (χ0) is 14.7. The zero-order valence-electron chi connectivity index (χ0n) is 12.2. The minimum atomic E-state index is 0.0809. The third-order valence-electron chi connectivity index (χ3n) is 4.32. The molecule has 3 rings (SSSR count). The number of aliphatic hydroxyl groups excluding tert-OH is 1. The molecule has 0 saturated carbocycles. The first-order valence-electron chi connectivity index (χ1n) is 7.82. The van der Waals surface area contributed by atoms with Crippen LogP contribution in [-0.2, 0) is 0 Å². The molecule has 2 fully saturated rings. The number of hydrogen-bond donors (Lipinski definition) is 1. The molecule has 2 aliphatic heterocycles. The Morgan fingerprint density at radius 2 is 1.67 bits per heavy atom. The minimum Gasteiger partial charge on any atom is -0.394 e. The van der Waals surface area contributed by atoms with Crippen LogP contribution >= 0.6 is 11.6 Å². The molecule has 1 atom stereocenters. The van der Waals surface area contributed by atoms with Crippen LogP contribution in [0.25, 0.3) is 0 Å². The van der Waals surface area contributed by atoms with Crippen LogP contribution in [0, 0.1) is 0 Å². The van der Waals surface area contributed by atoms with Gasteiger partial charge >= 0.3 is 0 Å². The average molecular weight is 312 g/mol. The Labute approximate surface area is 130 Å². The van der Waals surface area contributed by atoms with Gasteiger partial charge in [0.2, 0.25) is 17.2 Å². The van der Waals surface area contributed by atoms with Crippen molar-refractivity contribution >= 4 is 23.5 Å². The summed E-state index contributed by atoms with van der Waals surface area (Å²) in [6.45, 7) is 2.94. The molecule has 116 valence electrons. The van der Waals surface area contributed by atoms with Gasteiger partial charge in [-0.15, -0.1) is 0 Å². The second-order valence-electron chi connectivity index (χ2n) is 5.78. The summed E-state index contributed by atoms with van der Waals surface area (Å²) in [6, 6.07) is 0.0809. The van der Waals surface area contributed by atoms with E-state index in [1.807, 2.05) is 0 Å². The maximum absolute atomic E-state index is 9.64. The number of aromatic nitrogens is 3. The van der Waals surface area contributed by atoms with Crippen molar-refractivity contribution in [1.82, 2.24) is 15.0 Å². The van der Waals surface area contributed by atoms with Gasteiger partial charge in [-0.3, -0.25) is 0 Å². The smallest absolute Gasteiger partial charge is 0.231 e. The summed E-state index contributed by atoms with van der Waals surface area (Å²) >= 11 is 6.10. The first kappa shape index (κ1) is 14.8. The molecule has 1 aromatic rings. The average Bonchev–Trinajstić information content (AvgIpc) is 2.91. The van der Waals surface area contributed by atoms with Gasteiger partial charge in [0, 0.05) is 19.6 Å². The number of anilines is 2. The lowest BCUT2D eigenvalue weighted by Gasteiger charge is -2.29. The Bertz CT molecular complexity index is 480. The van der Waals surface area contributed by atoms with Crippen molar-refractivity contribution in [2.75, 3.05) is 36.0 Å². The predicted molar refractivity (Wildman–Crippen MR) is 83.0 cm³/mol. The number of nitrogens with zero attached hydrogens (tertiary/aromatic N) is 5. The maximum Gasteiger partial charge on any atom is 0.231 e. The Kier molecular flexibility index (Phi) is 4.75. The van der Waals surface area contributed by atoms with Crippen LogP contribution in [0.1, 0.15) is 38.5 Å². The van der Waals surface area contributed by atoms with Crippen LogP contribution in [0.2, 0.25) is 5.28 Å². The first-order valence-corrected chi connectivity index (χ1v) is 8.20. The highest BCUT2D eigenvalue weighted by Gasteiger charge is 2.25. The largest absolute Gasteiger partial charge is 0.394 e. The van der Waals surface area contributed by atoms with Gasteiger partial charge in [-0.2, -0.15) is 15.0 Å². The zero-order valence-corrected chi connectivity index (χ0v) is 13.0. The van der Waals surface area contributed by atoms with E-state index in [-0.39, 0.29) is 17.9 Å². The lowest BCUT2D eigenvalue weighted by molar-refractivity contribution is 0.254. The topological polar surface area (TPSA) is 65.4 Å². The Morgan fingerprint density at radius 1 is 0.952 bits per heavy atom. The van der Waals surface area contributed by atoms with E-state index in [0.717, 1.165) is 38.9 Å². The van der Waals surface area contributed by atoms with Gasteiger partial charge in [0.05, 0.1) is 12.6 Å². The van der Waals surface area contributed by atoms with Crippen LogP contribution in [0.15, 0.2) is 0 Å². The van der Waals surface area contributed by atoms with Crippen LogP contribution < -0.4 is 9.80 Å². The van der Waals surface area contributed by atoms with Crippen LogP contribution in [0.5, 0.6) is 0 Å². The van der Waals surface area contributed by atoms with E-state index in [4.69, 9.17) is 11.6 Å². The Hall–Kier alpha value is -1.14. The second-order valence-corrected chi connectivity index (χ2v) is 6.12. The Balaban J connectivity index is 1.88. The van der Waals surface area contributed by atoms with Gasteiger partial charge in [0.25, 0.3) is 0 Å². The molecule has 0 amide bonds. The fraction of sp³-hybridized carbons (Fsp3) is 0.786. The molecular weight excluding hydrogens is 290 g/mol. The molecule has 0 radical (unpaired) electrons. The van der Waals surface area contributed by atoms with Crippen molar-refractivity contribution < 1.29 is 5.11 Å². The predicted octanol–water partition coefficient (Wildman–Crippen LogP) is 1.87. The normalized spacial score (nSPS) is 23.4. The number of rotatable bonds is 3. The molecule has 1 unspecified atom stereocenters. The van der Waals surface area contributed by atoms with Gasteiger partial charge in [0.1, 0.15) is 0 Å². The summed E-state index contributed by atoms with van der Waals surface area (Å²) in [5.74, 6) is 1.28. The van der Waals surface area contributed by atoms with Crippen molar-refractivity contribution in [3.05, 3.63) is 5.28 Å². The summed E-state index contributed by atoms with van der Waals surface area (Å²) in [5, 5.41) is 9.88. The van der Waals surface area contributed by atoms with Crippen molar-refractivity contribution in [1.29, 1.82) is 0 Å². The number of aliphatic hydroxyl groups is 1. The van der Waals surface area contributed by atoms with E-state index in [1.54, 1.807) is 0 Å². The highest BCUT2D eigenvalue weighted by Crippen LogP contribution is 2.25. The van der Waals surface area contributed by atoms with Crippen molar-refractivity contribution in [2.24, 2.45) is 0 Å². The van der Waals surface area contributed by atoms with Crippen LogP contribution in [-0.4, -0.2) is 52.3 Å². The van der Waals surface area contributed by atoms with Crippen LogP contribution in [0.4, 0.5) is 11.9 Å². The molecule has 0 bridgehead atoms. The summed E-state index contributed by atoms with van der Waals surface area (Å²) in [4.78, 5) is 17.4. The van der Waals surface area contributed by atoms with E-state index in [1.165, 1.54) is 19.3 Å². The van der Waals surface area contributed by atoms with Gasteiger partial charge in [-0.05, 0) is 37.3 Å². The molecule has 2 aliphatic rings. The fourth-order valence-electron chi connectivity index (χ4n) is 3.15. The number of halogens is 1. The summed E-state index contributed by atoms with van der Waals surface area (Å²) < 4.78 is 0.